The monoisotopic (exact) mass is 467 g/mol. The van der Waals surface area contributed by atoms with Crippen molar-refractivity contribution in [2.24, 2.45) is 0 Å². The Labute approximate surface area is 188 Å². The Balaban J connectivity index is 2.07. The lowest BCUT2D eigenvalue weighted by molar-refractivity contribution is -0.119. The minimum absolute atomic E-state index is 0.119. The number of rotatable bonds is 6. The molecule has 1 fully saturated rings. The van der Waals surface area contributed by atoms with Gasteiger partial charge in [-0.05, 0) is 25.6 Å². The van der Waals surface area contributed by atoms with Gasteiger partial charge >= 0.3 is 6.18 Å². The van der Waals surface area contributed by atoms with E-state index in [1.165, 1.54) is 25.2 Å². The maximum absolute atomic E-state index is 14.6. The molecule has 1 saturated heterocycles. The number of carbonyl (C=O) groups is 2. The van der Waals surface area contributed by atoms with Gasteiger partial charge in [-0.25, -0.2) is 9.37 Å². The Morgan fingerprint density at radius 3 is 2.64 bits per heavy atom. The summed E-state index contributed by atoms with van der Waals surface area (Å²) in [6, 6.07) is 5.37. The third-order valence-corrected chi connectivity index (χ3v) is 5.51. The van der Waals surface area contributed by atoms with Crippen LogP contribution < -0.4 is 16.0 Å². The first-order chi connectivity index (χ1) is 15.5. The van der Waals surface area contributed by atoms with E-state index < -0.39 is 41.5 Å². The molecule has 2 amide bonds. The lowest BCUT2D eigenvalue weighted by Crippen LogP contribution is -2.46. The molecule has 2 heterocycles. The summed E-state index contributed by atoms with van der Waals surface area (Å²) in [5.74, 6) is -1.31. The largest absolute Gasteiger partial charge is 0.417 e. The zero-order chi connectivity index (χ0) is 24.3. The van der Waals surface area contributed by atoms with Crippen LogP contribution in [0.5, 0.6) is 0 Å². The molecule has 1 aromatic carbocycles. The summed E-state index contributed by atoms with van der Waals surface area (Å²) in [5.41, 5.74) is -1.66. The summed E-state index contributed by atoms with van der Waals surface area (Å²) >= 11 is 0. The maximum atomic E-state index is 14.6. The fourth-order valence-electron chi connectivity index (χ4n) is 3.64. The van der Waals surface area contributed by atoms with Crippen LogP contribution in [0.3, 0.4) is 0 Å². The third-order valence-electron chi connectivity index (χ3n) is 5.51. The number of hydrogen-bond donors (Lipinski definition) is 3. The number of benzene rings is 1. The van der Waals surface area contributed by atoms with E-state index in [4.69, 9.17) is 0 Å². The second-order valence-electron chi connectivity index (χ2n) is 7.91. The van der Waals surface area contributed by atoms with E-state index in [0.717, 1.165) is 0 Å². The Kier molecular flexibility index (Phi) is 7.21. The van der Waals surface area contributed by atoms with Gasteiger partial charge in [-0.1, -0.05) is 18.7 Å². The molecule has 0 radical (unpaired) electrons. The quantitative estimate of drug-likeness (QED) is 0.569. The van der Waals surface area contributed by atoms with Crippen molar-refractivity contribution in [2.75, 3.05) is 39.0 Å². The molecule has 0 aliphatic carbocycles. The third kappa shape index (κ3) is 5.59. The molecular formula is C22H25F4N5O2. The number of amides is 2. The second kappa shape index (κ2) is 9.74. The van der Waals surface area contributed by atoms with Gasteiger partial charge in [0.05, 0.1) is 23.9 Å². The average Bonchev–Trinajstić information content (AvgIpc) is 2.77. The van der Waals surface area contributed by atoms with E-state index in [2.05, 4.69) is 27.5 Å². The fourth-order valence-corrected chi connectivity index (χ4v) is 3.64. The summed E-state index contributed by atoms with van der Waals surface area (Å²) in [6.07, 6.45) is -5.46. The number of carbonyl (C=O) groups excluding carboxylic acids is 2. The fraction of sp³-hybridized carbons (Fsp3) is 0.409. The number of allylic oxidation sites excluding steroid dienone is 1. The molecule has 3 N–H and O–H groups in total. The first-order valence-electron chi connectivity index (χ1n) is 10.3. The SMILES string of the molecule is C=C(c1nc(C(=O)NCC(=O)NC)cc2c(N[C@@H]3CCN(C)C[C@@H]3F)cccc12)C(F)(F)F. The second-order valence-corrected chi connectivity index (χ2v) is 7.91. The molecule has 178 valence electrons. The van der Waals surface area contributed by atoms with Crippen LogP contribution in [-0.2, 0) is 4.79 Å². The van der Waals surface area contributed by atoms with Crippen LogP contribution in [0.1, 0.15) is 22.6 Å². The Morgan fingerprint density at radius 2 is 2.00 bits per heavy atom. The van der Waals surface area contributed by atoms with Crippen molar-refractivity contribution in [1.82, 2.24) is 20.5 Å². The van der Waals surface area contributed by atoms with Gasteiger partial charge in [-0.15, -0.1) is 0 Å². The number of aromatic nitrogens is 1. The van der Waals surface area contributed by atoms with E-state index in [1.54, 1.807) is 6.07 Å². The van der Waals surface area contributed by atoms with Crippen molar-refractivity contribution >= 4 is 33.8 Å². The van der Waals surface area contributed by atoms with Crippen molar-refractivity contribution in [3.05, 3.63) is 42.2 Å². The Hall–Kier alpha value is -3.21. The molecule has 11 heteroatoms. The smallest absolute Gasteiger partial charge is 0.379 e. The number of likely N-dealkylation sites (N-methyl/N-ethyl adjacent to an activating group) is 1. The van der Waals surface area contributed by atoms with E-state index in [-0.39, 0.29) is 29.6 Å². The predicted octanol–water partition coefficient (Wildman–Crippen LogP) is 2.74. The minimum Gasteiger partial charge on any atom is -0.379 e. The van der Waals surface area contributed by atoms with Crippen LogP contribution in [-0.4, -0.2) is 73.8 Å². The number of hydrogen-bond acceptors (Lipinski definition) is 5. The number of likely N-dealkylation sites (tertiary alicyclic amines) is 1. The summed E-state index contributed by atoms with van der Waals surface area (Å²) < 4.78 is 55.1. The molecule has 0 spiro atoms. The minimum atomic E-state index is -4.78. The summed E-state index contributed by atoms with van der Waals surface area (Å²) in [5, 5.41) is 8.12. The highest BCUT2D eigenvalue weighted by Crippen LogP contribution is 2.37. The van der Waals surface area contributed by atoms with Crippen LogP contribution in [0.4, 0.5) is 23.2 Å². The van der Waals surface area contributed by atoms with E-state index in [1.807, 2.05) is 11.9 Å². The molecule has 2 aromatic rings. The van der Waals surface area contributed by atoms with Crippen LogP contribution >= 0.6 is 0 Å². The molecular weight excluding hydrogens is 442 g/mol. The van der Waals surface area contributed by atoms with Gasteiger partial charge in [0.15, 0.2) is 0 Å². The number of anilines is 1. The summed E-state index contributed by atoms with van der Waals surface area (Å²) in [4.78, 5) is 29.8. The molecule has 33 heavy (non-hydrogen) atoms. The van der Waals surface area contributed by atoms with Crippen molar-refractivity contribution < 1.29 is 27.2 Å². The van der Waals surface area contributed by atoms with Gasteiger partial charge in [0, 0.05) is 36.6 Å². The Morgan fingerprint density at radius 1 is 1.27 bits per heavy atom. The highest BCUT2D eigenvalue weighted by molar-refractivity contribution is 6.05. The molecule has 0 saturated carbocycles. The number of piperidine rings is 1. The van der Waals surface area contributed by atoms with Crippen LogP contribution in [0, 0.1) is 0 Å². The topological polar surface area (TPSA) is 86.4 Å². The number of alkyl halides is 4. The van der Waals surface area contributed by atoms with Crippen LogP contribution in [0.25, 0.3) is 16.3 Å². The van der Waals surface area contributed by atoms with Crippen molar-refractivity contribution in [1.29, 1.82) is 0 Å². The van der Waals surface area contributed by atoms with Gasteiger partial charge in [0.2, 0.25) is 5.91 Å². The van der Waals surface area contributed by atoms with Gasteiger partial charge in [0.1, 0.15) is 11.9 Å². The summed E-state index contributed by atoms with van der Waals surface area (Å²) in [7, 11) is 3.19. The lowest BCUT2D eigenvalue weighted by atomic mass is 9.99. The highest BCUT2D eigenvalue weighted by atomic mass is 19.4. The first kappa shape index (κ1) is 24.4. The van der Waals surface area contributed by atoms with E-state index in [0.29, 0.717) is 18.7 Å². The number of nitrogens with one attached hydrogen (secondary N) is 3. The van der Waals surface area contributed by atoms with Crippen molar-refractivity contribution in [2.45, 2.75) is 24.8 Å². The molecule has 0 bridgehead atoms. The summed E-state index contributed by atoms with van der Waals surface area (Å²) in [6.45, 7) is 3.65. The first-order valence-corrected chi connectivity index (χ1v) is 10.3. The van der Waals surface area contributed by atoms with Gasteiger partial charge in [-0.2, -0.15) is 13.2 Å². The molecule has 1 aliphatic heterocycles. The molecule has 1 aliphatic rings. The molecule has 7 nitrogen and oxygen atoms in total. The molecule has 2 atom stereocenters. The van der Waals surface area contributed by atoms with E-state index in [9.17, 15) is 27.2 Å². The molecule has 0 unspecified atom stereocenters. The average molecular weight is 467 g/mol. The highest BCUT2D eigenvalue weighted by Gasteiger charge is 2.36. The molecule has 1 aromatic heterocycles. The zero-order valence-electron chi connectivity index (χ0n) is 18.2. The zero-order valence-corrected chi connectivity index (χ0v) is 18.2. The maximum Gasteiger partial charge on any atom is 0.417 e. The van der Waals surface area contributed by atoms with Crippen LogP contribution in [0.15, 0.2) is 30.8 Å². The number of fused-ring (bicyclic) bond motifs is 1. The number of nitrogens with zero attached hydrogens (tertiary/aromatic N) is 2. The number of pyridine rings is 1. The number of halogens is 4. The Bertz CT molecular complexity index is 1070. The van der Waals surface area contributed by atoms with E-state index >= 15 is 0 Å². The van der Waals surface area contributed by atoms with Gasteiger partial charge < -0.3 is 20.9 Å². The van der Waals surface area contributed by atoms with Crippen molar-refractivity contribution in [3.63, 3.8) is 0 Å². The predicted molar refractivity (Wildman–Crippen MR) is 118 cm³/mol. The van der Waals surface area contributed by atoms with Gasteiger partial charge in [0.25, 0.3) is 5.91 Å². The van der Waals surface area contributed by atoms with Crippen LogP contribution in [0.2, 0.25) is 0 Å². The van der Waals surface area contributed by atoms with Gasteiger partial charge in [-0.3, -0.25) is 9.59 Å². The normalized spacial score (nSPS) is 19.2. The molecule has 3 rings (SSSR count). The lowest BCUT2D eigenvalue weighted by Gasteiger charge is -2.33. The standard InChI is InChI=1S/C22H25F4N5O2/c1-12(22(24,25)26)20-13-5-4-6-16(29-17-7-8-31(3)11-15(17)23)14(13)9-18(30-20)21(33)28-10-19(32)27-2/h4-6,9,15,17,29H,1,7-8,10-11H2,2-3H3,(H,27,32)(H,28,33)/t15-,17+/m0/s1. The van der Waals surface area contributed by atoms with Crippen molar-refractivity contribution in [3.8, 4) is 0 Å².